The number of nitrogens with one attached hydrogen (secondary N) is 1. The number of halogens is 1. The standard InChI is InChI=1S/C21H27FN2O3S/c1-6-20(17-8-7-14(2)15(3)13-17)23-21(25)16(4)24(28(5,26)27)19-11-9-18(22)10-12-19/h7-13,16,20H,6H2,1-5H3,(H,23,25)/t16-,20+/m0/s1. The summed E-state index contributed by atoms with van der Waals surface area (Å²) in [6.07, 6.45) is 1.69. The second kappa shape index (κ2) is 8.73. The topological polar surface area (TPSA) is 66.5 Å². The average molecular weight is 407 g/mol. The highest BCUT2D eigenvalue weighted by molar-refractivity contribution is 7.92. The van der Waals surface area contributed by atoms with Gasteiger partial charge in [-0.25, -0.2) is 12.8 Å². The number of sulfonamides is 1. The lowest BCUT2D eigenvalue weighted by Gasteiger charge is -2.30. The van der Waals surface area contributed by atoms with Gasteiger partial charge < -0.3 is 5.32 Å². The number of nitrogens with zero attached hydrogens (tertiary/aromatic N) is 1. The van der Waals surface area contributed by atoms with Crippen LogP contribution in [0, 0.1) is 19.7 Å². The first-order valence-electron chi connectivity index (χ1n) is 9.17. The van der Waals surface area contributed by atoms with E-state index in [2.05, 4.69) is 5.32 Å². The van der Waals surface area contributed by atoms with Crippen molar-refractivity contribution < 1.29 is 17.6 Å². The van der Waals surface area contributed by atoms with Crippen LogP contribution in [0.3, 0.4) is 0 Å². The Kier molecular flexibility index (Phi) is 6.82. The summed E-state index contributed by atoms with van der Waals surface area (Å²) in [5, 5.41) is 2.94. The van der Waals surface area contributed by atoms with Crippen LogP contribution in [0.2, 0.25) is 0 Å². The van der Waals surface area contributed by atoms with Gasteiger partial charge in [-0.05, 0) is 68.1 Å². The highest BCUT2D eigenvalue weighted by Crippen LogP contribution is 2.23. The van der Waals surface area contributed by atoms with Crippen LogP contribution in [0.15, 0.2) is 42.5 Å². The molecule has 7 heteroatoms. The van der Waals surface area contributed by atoms with E-state index < -0.39 is 27.8 Å². The predicted molar refractivity (Wildman–Crippen MR) is 110 cm³/mol. The summed E-state index contributed by atoms with van der Waals surface area (Å²) in [6, 6.07) is 9.82. The summed E-state index contributed by atoms with van der Waals surface area (Å²) in [4.78, 5) is 12.9. The molecule has 2 rings (SSSR count). The number of hydrogen-bond acceptors (Lipinski definition) is 3. The van der Waals surface area contributed by atoms with Crippen molar-refractivity contribution >= 4 is 21.6 Å². The second-order valence-corrected chi connectivity index (χ2v) is 8.88. The molecule has 0 aliphatic carbocycles. The van der Waals surface area contributed by atoms with Gasteiger partial charge in [0.15, 0.2) is 0 Å². The highest BCUT2D eigenvalue weighted by Gasteiger charge is 2.30. The fraction of sp³-hybridized carbons (Fsp3) is 0.381. The van der Waals surface area contributed by atoms with E-state index in [1.165, 1.54) is 31.2 Å². The molecular weight excluding hydrogens is 379 g/mol. The molecule has 2 atom stereocenters. The number of anilines is 1. The summed E-state index contributed by atoms with van der Waals surface area (Å²) >= 11 is 0. The average Bonchev–Trinajstić information content (AvgIpc) is 2.62. The third-order valence-corrected chi connectivity index (χ3v) is 6.07. The van der Waals surface area contributed by atoms with Crippen LogP contribution in [-0.2, 0) is 14.8 Å². The van der Waals surface area contributed by atoms with Crippen LogP contribution in [0.5, 0.6) is 0 Å². The first-order valence-corrected chi connectivity index (χ1v) is 11.0. The van der Waals surface area contributed by atoms with Crippen molar-refractivity contribution in [2.45, 2.75) is 46.2 Å². The highest BCUT2D eigenvalue weighted by atomic mass is 32.2. The molecule has 152 valence electrons. The summed E-state index contributed by atoms with van der Waals surface area (Å²) < 4.78 is 38.9. The molecule has 0 unspecified atom stereocenters. The van der Waals surface area contributed by atoms with Gasteiger partial charge in [-0.1, -0.05) is 25.1 Å². The maximum atomic E-state index is 13.2. The molecule has 1 amide bonds. The molecule has 0 aliphatic rings. The summed E-state index contributed by atoms with van der Waals surface area (Å²) in [7, 11) is -3.74. The van der Waals surface area contributed by atoms with Crippen molar-refractivity contribution in [2.24, 2.45) is 0 Å². The number of benzene rings is 2. The van der Waals surface area contributed by atoms with Crippen molar-refractivity contribution in [3.8, 4) is 0 Å². The van der Waals surface area contributed by atoms with E-state index in [9.17, 15) is 17.6 Å². The van der Waals surface area contributed by atoms with Crippen LogP contribution in [0.1, 0.15) is 43.0 Å². The van der Waals surface area contributed by atoms with E-state index in [0.717, 1.165) is 27.3 Å². The number of aryl methyl sites for hydroxylation is 2. The zero-order chi connectivity index (χ0) is 21.1. The Labute approximate surface area is 166 Å². The van der Waals surface area contributed by atoms with E-state index >= 15 is 0 Å². The second-order valence-electron chi connectivity index (χ2n) is 7.02. The molecule has 0 aromatic heterocycles. The monoisotopic (exact) mass is 406 g/mol. The Morgan fingerprint density at radius 1 is 1.11 bits per heavy atom. The Morgan fingerprint density at radius 3 is 2.21 bits per heavy atom. The van der Waals surface area contributed by atoms with Crippen LogP contribution < -0.4 is 9.62 Å². The van der Waals surface area contributed by atoms with Gasteiger partial charge in [-0.3, -0.25) is 9.10 Å². The lowest BCUT2D eigenvalue weighted by atomic mass is 9.99. The molecule has 0 fully saturated rings. The molecule has 5 nitrogen and oxygen atoms in total. The van der Waals surface area contributed by atoms with Gasteiger partial charge in [0.25, 0.3) is 0 Å². The first kappa shape index (κ1) is 21.9. The van der Waals surface area contributed by atoms with Crippen molar-refractivity contribution in [1.82, 2.24) is 5.32 Å². The number of carbonyl (C=O) groups excluding carboxylic acids is 1. The van der Waals surface area contributed by atoms with Gasteiger partial charge in [-0.2, -0.15) is 0 Å². The maximum Gasteiger partial charge on any atom is 0.244 e. The van der Waals surface area contributed by atoms with Gasteiger partial charge in [0.2, 0.25) is 15.9 Å². The molecule has 28 heavy (non-hydrogen) atoms. The number of amides is 1. The molecule has 2 aromatic rings. The SMILES string of the molecule is CC[C@@H](NC(=O)[C@H](C)N(c1ccc(F)cc1)S(C)(=O)=O)c1ccc(C)c(C)c1. The third-order valence-electron chi connectivity index (χ3n) is 4.83. The number of carbonyl (C=O) groups is 1. The minimum Gasteiger partial charge on any atom is -0.347 e. The van der Waals surface area contributed by atoms with Crippen LogP contribution in [0.4, 0.5) is 10.1 Å². The van der Waals surface area contributed by atoms with Crippen LogP contribution >= 0.6 is 0 Å². The molecule has 1 N–H and O–H groups in total. The Hall–Kier alpha value is -2.41. The normalized spacial score (nSPS) is 13.6. The summed E-state index contributed by atoms with van der Waals surface area (Å²) in [5.41, 5.74) is 3.50. The minimum atomic E-state index is -3.74. The van der Waals surface area contributed by atoms with E-state index in [1.807, 2.05) is 39.0 Å². The molecule has 0 saturated carbocycles. The van der Waals surface area contributed by atoms with Gasteiger partial charge in [-0.15, -0.1) is 0 Å². The van der Waals surface area contributed by atoms with Gasteiger partial charge >= 0.3 is 0 Å². The van der Waals surface area contributed by atoms with Crippen molar-refractivity contribution in [3.05, 3.63) is 65.0 Å². The van der Waals surface area contributed by atoms with E-state index in [4.69, 9.17) is 0 Å². The van der Waals surface area contributed by atoms with Crippen molar-refractivity contribution in [1.29, 1.82) is 0 Å². The lowest BCUT2D eigenvalue weighted by Crippen LogP contribution is -2.48. The number of hydrogen-bond donors (Lipinski definition) is 1. The maximum absolute atomic E-state index is 13.2. The molecular formula is C21H27FN2O3S. The fourth-order valence-electron chi connectivity index (χ4n) is 3.09. The van der Waals surface area contributed by atoms with E-state index in [-0.39, 0.29) is 11.7 Å². The zero-order valence-electron chi connectivity index (χ0n) is 16.9. The minimum absolute atomic E-state index is 0.233. The zero-order valence-corrected chi connectivity index (χ0v) is 17.7. The van der Waals surface area contributed by atoms with Crippen LogP contribution in [-0.4, -0.2) is 26.6 Å². The predicted octanol–water partition coefficient (Wildman–Crippen LogP) is 3.86. The summed E-state index contributed by atoms with van der Waals surface area (Å²) in [5.74, 6) is -0.894. The molecule has 0 spiro atoms. The van der Waals surface area contributed by atoms with Gasteiger partial charge in [0.1, 0.15) is 11.9 Å². The number of rotatable bonds is 7. The van der Waals surface area contributed by atoms with Crippen molar-refractivity contribution in [3.63, 3.8) is 0 Å². The van der Waals surface area contributed by atoms with Gasteiger partial charge in [0, 0.05) is 0 Å². The van der Waals surface area contributed by atoms with E-state index in [0.29, 0.717) is 6.42 Å². The smallest absolute Gasteiger partial charge is 0.244 e. The Balaban J connectivity index is 2.28. The van der Waals surface area contributed by atoms with Gasteiger partial charge in [0.05, 0.1) is 18.0 Å². The molecule has 0 heterocycles. The lowest BCUT2D eigenvalue weighted by molar-refractivity contribution is -0.122. The van der Waals surface area contributed by atoms with E-state index in [1.54, 1.807) is 0 Å². The fourth-order valence-corrected chi connectivity index (χ4v) is 4.27. The van der Waals surface area contributed by atoms with Crippen LogP contribution in [0.25, 0.3) is 0 Å². The Morgan fingerprint density at radius 2 is 1.71 bits per heavy atom. The first-order chi connectivity index (χ1) is 13.0. The molecule has 0 aliphatic heterocycles. The largest absolute Gasteiger partial charge is 0.347 e. The molecule has 0 radical (unpaired) electrons. The quantitative estimate of drug-likeness (QED) is 0.759. The third kappa shape index (κ3) is 5.10. The van der Waals surface area contributed by atoms with Crippen molar-refractivity contribution in [2.75, 3.05) is 10.6 Å². The molecule has 0 bridgehead atoms. The summed E-state index contributed by atoms with van der Waals surface area (Å²) in [6.45, 7) is 7.51. The Bertz CT molecular complexity index is 943. The molecule has 2 aromatic carbocycles. The molecule has 0 saturated heterocycles.